The Hall–Kier alpha value is -1.84. The molecule has 2 aromatic rings. The number of ether oxygens (including phenoxy) is 1. The third-order valence-electron chi connectivity index (χ3n) is 5.43. The Labute approximate surface area is 189 Å². The van der Waals surface area contributed by atoms with E-state index in [9.17, 15) is 5.11 Å². The van der Waals surface area contributed by atoms with Gasteiger partial charge in [-0.05, 0) is 23.6 Å². The Bertz CT molecular complexity index is 845. The summed E-state index contributed by atoms with van der Waals surface area (Å²) in [6, 6.07) is 16.6. The third-order valence-corrected chi connectivity index (χ3v) is 5.43. The summed E-state index contributed by atoms with van der Waals surface area (Å²) in [5, 5.41) is 13.7. The number of aliphatic imine (C=N–C) groups is 1. The Morgan fingerprint density at radius 3 is 2.83 bits per heavy atom. The molecule has 0 fully saturated rings. The number of rotatable bonds is 5. The van der Waals surface area contributed by atoms with Crippen LogP contribution in [0.15, 0.2) is 53.5 Å². The molecule has 29 heavy (non-hydrogen) atoms. The van der Waals surface area contributed by atoms with E-state index in [2.05, 4.69) is 39.5 Å². The fourth-order valence-corrected chi connectivity index (χ4v) is 3.99. The van der Waals surface area contributed by atoms with Gasteiger partial charge in [-0.1, -0.05) is 42.5 Å². The highest BCUT2D eigenvalue weighted by atomic mass is 127. The van der Waals surface area contributed by atoms with E-state index >= 15 is 0 Å². The van der Waals surface area contributed by atoms with Crippen molar-refractivity contribution in [1.82, 2.24) is 10.2 Å². The maximum Gasteiger partial charge on any atom is 0.189 e. The first-order valence-corrected chi connectivity index (χ1v) is 9.94. The monoisotopic (exact) mass is 508 g/mol. The van der Waals surface area contributed by atoms with Crippen molar-refractivity contribution >= 4 is 29.9 Å². The Morgan fingerprint density at radius 2 is 1.97 bits per heavy atom. The summed E-state index contributed by atoms with van der Waals surface area (Å²) in [6.07, 6.45) is 1.33. The first-order valence-electron chi connectivity index (χ1n) is 9.94. The minimum atomic E-state index is -0.535. The number of benzene rings is 2. The Balaban J connectivity index is 0.00000240. The summed E-state index contributed by atoms with van der Waals surface area (Å²) >= 11 is 0. The van der Waals surface area contributed by atoms with Crippen LogP contribution in [0.4, 0.5) is 0 Å². The molecule has 2 aromatic carbocycles. The highest BCUT2D eigenvalue weighted by Crippen LogP contribution is 2.31. The minimum absolute atomic E-state index is 0. The van der Waals surface area contributed by atoms with E-state index in [0.717, 1.165) is 37.2 Å². The summed E-state index contributed by atoms with van der Waals surface area (Å²) < 4.78 is 5.68. The van der Waals surface area contributed by atoms with Crippen molar-refractivity contribution in [3.8, 4) is 5.75 Å². The minimum Gasteiger partial charge on any atom is -0.493 e. The van der Waals surface area contributed by atoms with Gasteiger partial charge in [0.25, 0.3) is 0 Å². The van der Waals surface area contributed by atoms with Crippen LogP contribution < -0.4 is 15.8 Å². The topological polar surface area (TPSA) is 83.1 Å². The van der Waals surface area contributed by atoms with Gasteiger partial charge in [-0.15, -0.1) is 24.0 Å². The van der Waals surface area contributed by atoms with E-state index in [1.54, 1.807) is 0 Å². The molecule has 2 unspecified atom stereocenters. The van der Waals surface area contributed by atoms with E-state index in [4.69, 9.17) is 10.5 Å². The summed E-state index contributed by atoms with van der Waals surface area (Å²) in [6.45, 7) is 3.39. The van der Waals surface area contributed by atoms with Crippen LogP contribution in [-0.2, 0) is 13.0 Å². The van der Waals surface area contributed by atoms with E-state index in [1.807, 2.05) is 24.3 Å². The van der Waals surface area contributed by atoms with Gasteiger partial charge in [-0.25, -0.2) is 0 Å². The molecule has 0 aromatic heterocycles. The predicted octanol–water partition coefficient (Wildman–Crippen LogP) is 2.45. The fourth-order valence-electron chi connectivity index (χ4n) is 3.99. The fraction of sp³-hybridized carbons (Fsp3) is 0.409. The second-order valence-electron chi connectivity index (χ2n) is 7.51. The number of fused-ring (bicyclic) bond motifs is 2. The summed E-state index contributed by atoms with van der Waals surface area (Å²) in [4.78, 5) is 6.65. The summed E-state index contributed by atoms with van der Waals surface area (Å²) in [5.41, 5.74) is 9.94. The predicted molar refractivity (Wildman–Crippen MR) is 126 cm³/mol. The summed E-state index contributed by atoms with van der Waals surface area (Å²) in [5.74, 6) is 1.26. The molecule has 2 aliphatic rings. The number of nitrogens with zero attached hydrogens (tertiary/aromatic N) is 2. The van der Waals surface area contributed by atoms with Crippen LogP contribution in [0.1, 0.15) is 29.2 Å². The Morgan fingerprint density at radius 1 is 1.21 bits per heavy atom. The van der Waals surface area contributed by atoms with Crippen molar-refractivity contribution < 1.29 is 9.84 Å². The molecule has 6 nitrogen and oxygen atoms in total. The number of halogens is 1. The maximum atomic E-state index is 10.4. The van der Waals surface area contributed by atoms with E-state index in [1.165, 1.54) is 11.1 Å². The standard InChI is InChI=1S/C22H28N4O2.HI/c23-22(25-20-10-12-28-21-8-4-3-7-19(20)21)24-13-18(27)15-26-11-9-16-5-1-2-6-17(16)14-26;/h1-8,18,20,27H,9-15H2,(H3,23,24,25);1H. The van der Waals surface area contributed by atoms with Crippen molar-refractivity contribution in [2.45, 2.75) is 31.5 Å². The van der Waals surface area contributed by atoms with Gasteiger partial charge >= 0.3 is 0 Å². The number of hydrogen-bond acceptors (Lipinski definition) is 4. The van der Waals surface area contributed by atoms with Crippen LogP contribution in [0.2, 0.25) is 0 Å². The van der Waals surface area contributed by atoms with Crippen molar-refractivity contribution in [3.05, 3.63) is 65.2 Å². The number of aliphatic hydroxyl groups excluding tert-OH is 1. The molecular weight excluding hydrogens is 479 g/mol. The zero-order valence-corrected chi connectivity index (χ0v) is 18.8. The van der Waals surface area contributed by atoms with E-state index < -0.39 is 6.10 Å². The number of para-hydroxylation sites is 1. The van der Waals surface area contributed by atoms with Gasteiger partial charge in [-0.2, -0.15) is 0 Å². The van der Waals surface area contributed by atoms with Crippen LogP contribution in [0.5, 0.6) is 5.75 Å². The van der Waals surface area contributed by atoms with Crippen molar-refractivity contribution in [2.24, 2.45) is 10.7 Å². The SMILES string of the molecule is I.NC(=NCC(O)CN1CCc2ccccc2C1)NC1CCOc2ccccc21. The number of guanidine groups is 1. The molecule has 0 radical (unpaired) electrons. The first kappa shape index (κ1) is 21.9. The van der Waals surface area contributed by atoms with Crippen molar-refractivity contribution in [3.63, 3.8) is 0 Å². The largest absolute Gasteiger partial charge is 0.493 e. The molecule has 2 atom stereocenters. The highest BCUT2D eigenvalue weighted by molar-refractivity contribution is 14.0. The zero-order valence-electron chi connectivity index (χ0n) is 16.5. The van der Waals surface area contributed by atoms with Gasteiger partial charge in [0.1, 0.15) is 5.75 Å². The molecule has 0 amide bonds. The lowest BCUT2D eigenvalue weighted by atomic mass is 10.00. The van der Waals surface area contributed by atoms with Crippen molar-refractivity contribution in [2.75, 3.05) is 26.2 Å². The molecular formula is C22H29IN4O2. The second-order valence-corrected chi connectivity index (χ2v) is 7.51. The van der Waals surface area contributed by atoms with Crippen molar-refractivity contribution in [1.29, 1.82) is 0 Å². The van der Waals surface area contributed by atoms with E-state index in [-0.39, 0.29) is 30.0 Å². The van der Waals surface area contributed by atoms with Gasteiger partial charge in [-0.3, -0.25) is 9.89 Å². The summed E-state index contributed by atoms with van der Waals surface area (Å²) in [7, 11) is 0. The van der Waals surface area contributed by atoms with Crippen LogP contribution >= 0.6 is 24.0 Å². The molecule has 0 spiro atoms. The van der Waals surface area contributed by atoms with Gasteiger partial charge < -0.3 is 20.9 Å². The smallest absolute Gasteiger partial charge is 0.189 e. The molecule has 0 saturated heterocycles. The number of nitrogens with two attached hydrogens (primary N) is 1. The number of hydrogen-bond donors (Lipinski definition) is 3. The molecule has 0 saturated carbocycles. The lowest BCUT2D eigenvalue weighted by Gasteiger charge is -2.30. The number of nitrogens with one attached hydrogen (secondary N) is 1. The lowest BCUT2D eigenvalue weighted by molar-refractivity contribution is 0.111. The number of β-amino-alcohol motifs (C(OH)–C–C–N with tert-alkyl or cyclic N) is 1. The molecule has 2 aliphatic heterocycles. The highest BCUT2D eigenvalue weighted by Gasteiger charge is 2.22. The Kier molecular flexibility index (Phi) is 7.74. The normalized spacial score (nSPS) is 19.9. The molecule has 0 bridgehead atoms. The first-order chi connectivity index (χ1) is 13.7. The average Bonchev–Trinajstić information content (AvgIpc) is 2.72. The molecule has 2 heterocycles. The zero-order chi connectivity index (χ0) is 19.3. The van der Waals surface area contributed by atoms with Crippen LogP contribution in [-0.4, -0.2) is 48.3 Å². The number of aliphatic hydroxyl groups is 1. The van der Waals surface area contributed by atoms with Crippen LogP contribution in [0.25, 0.3) is 0 Å². The van der Waals surface area contributed by atoms with Gasteiger partial charge in [0.15, 0.2) is 5.96 Å². The molecule has 4 N–H and O–H groups in total. The van der Waals surface area contributed by atoms with E-state index in [0.29, 0.717) is 25.7 Å². The lowest BCUT2D eigenvalue weighted by Crippen LogP contribution is -2.40. The van der Waals surface area contributed by atoms with Crippen LogP contribution in [0.3, 0.4) is 0 Å². The third kappa shape index (κ3) is 5.61. The molecule has 156 valence electrons. The second kappa shape index (κ2) is 10.3. The van der Waals surface area contributed by atoms with Gasteiger partial charge in [0, 0.05) is 31.6 Å². The maximum absolute atomic E-state index is 10.4. The van der Waals surface area contributed by atoms with Gasteiger partial charge in [0.05, 0.1) is 25.3 Å². The molecule has 4 rings (SSSR count). The van der Waals surface area contributed by atoms with Crippen LogP contribution in [0, 0.1) is 0 Å². The average molecular weight is 508 g/mol. The molecule has 0 aliphatic carbocycles. The quantitative estimate of drug-likeness (QED) is 0.329. The molecule has 7 heteroatoms. The van der Waals surface area contributed by atoms with Gasteiger partial charge in [0.2, 0.25) is 0 Å².